The zero-order chi connectivity index (χ0) is 9.26. The van der Waals surface area contributed by atoms with E-state index in [0.717, 1.165) is 25.2 Å². The van der Waals surface area contributed by atoms with Crippen LogP contribution in [0.5, 0.6) is 0 Å². The molecule has 0 saturated carbocycles. The summed E-state index contributed by atoms with van der Waals surface area (Å²) in [5.74, 6) is 1.11. The number of aryl methyl sites for hydroxylation is 1. The SMILES string of the molecule is Cn1nccc1N1CCC[C@H]1CO. The minimum atomic E-state index is 0.241. The van der Waals surface area contributed by atoms with Crippen molar-refractivity contribution in [2.75, 3.05) is 18.1 Å². The Morgan fingerprint density at radius 2 is 2.54 bits per heavy atom. The first-order valence-electron chi connectivity index (χ1n) is 4.68. The monoisotopic (exact) mass is 181 g/mol. The second-order valence-electron chi connectivity index (χ2n) is 3.49. The lowest BCUT2D eigenvalue weighted by Gasteiger charge is -2.24. The van der Waals surface area contributed by atoms with Gasteiger partial charge in [-0.25, -0.2) is 0 Å². The second kappa shape index (κ2) is 3.38. The fourth-order valence-electron chi connectivity index (χ4n) is 1.98. The van der Waals surface area contributed by atoms with E-state index in [9.17, 15) is 0 Å². The zero-order valence-electron chi connectivity index (χ0n) is 7.85. The molecule has 2 heterocycles. The largest absolute Gasteiger partial charge is 0.394 e. The van der Waals surface area contributed by atoms with Gasteiger partial charge in [-0.15, -0.1) is 0 Å². The third-order valence-corrected chi connectivity index (χ3v) is 2.68. The predicted molar refractivity (Wildman–Crippen MR) is 50.7 cm³/mol. The maximum Gasteiger partial charge on any atom is 0.126 e. The maximum absolute atomic E-state index is 9.15. The fourth-order valence-corrected chi connectivity index (χ4v) is 1.98. The van der Waals surface area contributed by atoms with Gasteiger partial charge in [-0.3, -0.25) is 4.68 Å². The Morgan fingerprint density at radius 1 is 1.69 bits per heavy atom. The van der Waals surface area contributed by atoms with Crippen molar-refractivity contribution < 1.29 is 5.11 Å². The summed E-state index contributed by atoms with van der Waals surface area (Å²) in [6.07, 6.45) is 4.04. The van der Waals surface area contributed by atoms with Crippen LogP contribution in [0.15, 0.2) is 12.3 Å². The van der Waals surface area contributed by atoms with E-state index in [1.165, 1.54) is 0 Å². The van der Waals surface area contributed by atoms with Crippen LogP contribution in [0.3, 0.4) is 0 Å². The molecule has 0 aliphatic carbocycles. The van der Waals surface area contributed by atoms with Crippen LogP contribution in [0, 0.1) is 0 Å². The summed E-state index contributed by atoms with van der Waals surface area (Å²) in [5.41, 5.74) is 0. The number of aliphatic hydroxyl groups excluding tert-OH is 1. The summed E-state index contributed by atoms with van der Waals surface area (Å²) in [5, 5.41) is 13.3. The number of aromatic nitrogens is 2. The predicted octanol–water partition coefficient (Wildman–Crippen LogP) is 0.381. The summed E-state index contributed by atoms with van der Waals surface area (Å²) < 4.78 is 1.86. The maximum atomic E-state index is 9.15. The number of rotatable bonds is 2. The van der Waals surface area contributed by atoms with Crippen LogP contribution in [0.2, 0.25) is 0 Å². The quantitative estimate of drug-likeness (QED) is 0.717. The number of hydrogen-bond acceptors (Lipinski definition) is 3. The van der Waals surface area contributed by atoms with E-state index >= 15 is 0 Å². The van der Waals surface area contributed by atoms with E-state index in [-0.39, 0.29) is 12.6 Å². The molecule has 1 aromatic rings. The minimum absolute atomic E-state index is 0.241. The van der Waals surface area contributed by atoms with E-state index in [1.54, 1.807) is 6.20 Å². The third kappa shape index (κ3) is 1.42. The van der Waals surface area contributed by atoms with Crippen molar-refractivity contribution >= 4 is 5.82 Å². The molecule has 1 saturated heterocycles. The first-order chi connectivity index (χ1) is 6.33. The van der Waals surface area contributed by atoms with Gasteiger partial charge in [0.2, 0.25) is 0 Å². The first-order valence-corrected chi connectivity index (χ1v) is 4.68. The smallest absolute Gasteiger partial charge is 0.126 e. The highest BCUT2D eigenvalue weighted by Crippen LogP contribution is 2.23. The molecule has 0 spiro atoms. The molecule has 0 aromatic carbocycles. The molecule has 1 N–H and O–H groups in total. The van der Waals surface area contributed by atoms with Gasteiger partial charge in [-0.05, 0) is 12.8 Å². The lowest BCUT2D eigenvalue weighted by Crippen LogP contribution is -2.33. The number of aliphatic hydroxyl groups is 1. The standard InChI is InChI=1S/C9H15N3O/c1-11-9(4-5-10-11)12-6-2-3-8(12)7-13/h4-5,8,13H,2-3,6-7H2,1H3/t8-/m0/s1. The van der Waals surface area contributed by atoms with Crippen LogP contribution in [-0.2, 0) is 7.05 Å². The molecule has 1 aliphatic heterocycles. The lowest BCUT2D eigenvalue weighted by molar-refractivity contribution is 0.265. The molecule has 4 nitrogen and oxygen atoms in total. The molecule has 0 bridgehead atoms. The summed E-state index contributed by atoms with van der Waals surface area (Å²) in [6, 6.07) is 2.28. The average molecular weight is 181 g/mol. The Morgan fingerprint density at radius 3 is 3.15 bits per heavy atom. The van der Waals surface area contributed by atoms with Crippen LogP contribution < -0.4 is 4.90 Å². The van der Waals surface area contributed by atoms with Gasteiger partial charge in [-0.1, -0.05) is 0 Å². The van der Waals surface area contributed by atoms with Crippen LogP contribution in [0.1, 0.15) is 12.8 Å². The molecule has 13 heavy (non-hydrogen) atoms. The summed E-state index contributed by atoms with van der Waals surface area (Å²) >= 11 is 0. The molecule has 72 valence electrons. The molecule has 4 heteroatoms. The van der Waals surface area contributed by atoms with Crippen molar-refractivity contribution in [3.63, 3.8) is 0 Å². The van der Waals surface area contributed by atoms with Gasteiger partial charge in [0.1, 0.15) is 5.82 Å². The molecule has 1 fully saturated rings. The Labute approximate surface area is 77.8 Å². The molecule has 2 rings (SSSR count). The van der Waals surface area contributed by atoms with Gasteiger partial charge in [0.25, 0.3) is 0 Å². The third-order valence-electron chi connectivity index (χ3n) is 2.68. The second-order valence-corrected chi connectivity index (χ2v) is 3.49. The molecular weight excluding hydrogens is 166 g/mol. The minimum Gasteiger partial charge on any atom is -0.394 e. The highest BCUT2D eigenvalue weighted by molar-refractivity contribution is 5.40. The highest BCUT2D eigenvalue weighted by Gasteiger charge is 2.25. The molecule has 0 unspecified atom stereocenters. The van der Waals surface area contributed by atoms with Gasteiger partial charge in [0, 0.05) is 19.7 Å². The van der Waals surface area contributed by atoms with Gasteiger partial charge >= 0.3 is 0 Å². The molecular formula is C9H15N3O. The molecule has 1 aromatic heterocycles. The molecule has 1 aliphatic rings. The van der Waals surface area contributed by atoms with Crippen LogP contribution in [0.25, 0.3) is 0 Å². The highest BCUT2D eigenvalue weighted by atomic mass is 16.3. The number of anilines is 1. The van der Waals surface area contributed by atoms with Crippen LogP contribution in [-0.4, -0.2) is 34.1 Å². The Kier molecular flexibility index (Phi) is 2.22. The van der Waals surface area contributed by atoms with Crippen molar-refractivity contribution in [3.8, 4) is 0 Å². The van der Waals surface area contributed by atoms with Crippen molar-refractivity contribution in [2.24, 2.45) is 7.05 Å². The Bertz CT molecular complexity index is 284. The summed E-state index contributed by atoms with van der Waals surface area (Å²) in [7, 11) is 1.93. The van der Waals surface area contributed by atoms with Crippen molar-refractivity contribution in [2.45, 2.75) is 18.9 Å². The van der Waals surface area contributed by atoms with E-state index < -0.39 is 0 Å². The fraction of sp³-hybridized carbons (Fsp3) is 0.667. The van der Waals surface area contributed by atoms with Gasteiger partial charge in [-0.2, -0.15) is 5.10 Å². The molecule has 1 atom stereocenters. The Balaban J connectivity index is 2.20. The van der Waals surface area contributed by atoms with Crippen LogP contribution >= 0.6 is 0 Å². The molecule has 0 radical (unpaired) electrons. The first kappa shape index (κ1) is 8.56. The van der Waals surface area contributed by atoms with E-state index in [1.807, 2.05) is 17.8 Å². The summed E-state index contributed by atoms with van der Waals surface area (Å²) in [6.45, 7) is 1.27. The van der Waals surface area contributed by atoms with Crippen molar-refractivity contribution in [3.05, 3.63) is 12.3 Å². The molecule has 0 amide bonds. The van der Waals surface area contributed by atoms with Crippen molar-refractivity contribution in [1.29, 1.82) is 0 Å². The van der Waals surface area contributed by atoms with E-state index in [2.05, 4.69) is 10.00 Å². The van der Waals surface area contributed by atoms with E-state index in [4.69, 9.17) is 5.11 Å². The number of hydrogen-bond donors (Lipinski definition) is 1. The van der Waals surface area contributed by atoms with Gasteiger partial charge < -0.3 is 10.0 Å². The summed E-state index contributed by atoms with van der Waals surface area (Å²) in [4.78, 5) is 2.23. The van der Waals surface area contributed by atoms with Crippen LogP contribution in [0.4, 0.5) is 5.82 Å². The average Bonchev–Trinajstić information content (AvgIpc) is 2.71. The zero-order valence-corrected chi connectivity index (χ0v) is 7.85. The normalized spacial score (nSPS) is 22.6. The lowest BCUT2D eigenvalue weighted by atomic mass is 10.2. The topological polar surface area (TPSA) is 41.3 Å². The van der Waals surface area contributed by atoms with E-state index in [0.29, 0.717) is 0 Å². The number of nitrogens with zero attached hydrogens (tertiary/aromatic N) is 3. The van der Waals surface area contributed by atoms with Gasteiger partial charge in [0.15, 0.2) is 0 Å². The van der Waals surface area contributed by atoms with Gasteiger partial charge in [0.05, 0.1) is 18.8 Å². The van der Waals surface area contributed by atoms with Crippen molar-refractivity contribution in [1.82, 2.24) is 9.78 Å². The Hall–Kier alpha value is -1.03.